The molecule has 3 heteroatoms. The minimum Gasteiger partial charge on any atom is -0.313 e. The van der Waals surface area contributed by atoms with Gasteiger partial charge >= 0.3 is 0 Å². The van der Waals surface area contributed by atoms with Gasteiger partial charge in [0.1, 0.15) is 5.82 Å². The van der Waals surface area contributed by atoms with Crippen molar-refractivity contribution in [1.82, 2.24) is 15.3 Å². The number of aromatic nitrogens is 2. The number of hydrogen-bond donors (Lipinski definition) is 1. The molecule has 0 fully saturated rings. The third kappa shape index (κ3) is 2.22. The molecule has 104 valence electrons. The van der Waals surface area contributed by atoms with Crippen LogP contribution in [0.1, 0.15) is 46.7 Å². The molecule has 1 aromatic carbocycles. The van der Waals surface area contributed by atoms with Gasteiger partial charge in [0.15, 0.2) is 0 Å². The highest BCUT2D eigenvalue weighted by Gasteiger charge is 2.29. The highest BCUT2D eigenvalue weighted by Crippen LogP contribution is 2.38. The Hall–Kier alpha value is -1.74. The highest BCUT2D eigenvalue weighted by atomic mass is 14.9. The molecule has 0 amide bonds. The van der Waals surface area contributed by atoms with E-state index in [1.165, 1.54) is 16.7 Å². The lowest BCUT2D eigenvalue weighted by Crippen LogP contribution is -2.22. The zero-order valence-corrected chi connectivity index (χ0v) is 12.4. The number of aryl methyl sites for hydroxylation is 2. The van der Waals surface area contributed by atoms with Gasteiger partial charge < -0.3 is 5.32 Å². The van der Waals surface area contributed by atoms with Gasteiger partial charge in [0, 0.05) is 29.4 Å². The fourth-order valence-electron chi connectivity index (χ4n) is 2.92. The number of nitrogens with zero attached hydrogens (tertiary/aromatic N) is 2. The molecule has 20 heavy (non-hydrogen) atoms. The number of rotatable bonds is 4. The van der Waals surface area contributed by atoms with E-state index in [9.17, 15) is 0 Å². The van der Waals surface area contributed by atoms with Gasteiger partial charge in [-0.2, -0.15) is 0 Å². The van der Waals surface area contributed by atoms with Gasteiger partial charge in [0.05, 0.1) is 0 Å². The largest absolute Gasteiger partial charge is 0.313 e. The van der Waals surface area contributed by atoms with E-state index in [1.54, 1.807) is 0 Å². The van der Waals surface area contributed by atoms with Crippen LogP contribution < -0.4 is 5.32 Å². The number of nitrogens with one attached hydrogen (secondary N) is 1. The summed E-state index contributed by atoms with van der Waals surface area (Å²) >= 11 is 0. The van der Waals surface area contributed by atoms with E-state index in [0.29, 0.717) is 5.92 Å². The van der Waals surface area contributed by atoms with Crippen LogP contribution in [0.25, 0.3) is 0 Å². The first-order chi connectivity index (χ1) is 9.70. The van der Waals surface area contributed by atoms with E-state index in [4.69, 9.17) is 9.97 Å². The van der Waals surface area contributed by atoms with E-state index in [1.807, 2.05) is 0 Å². The lowest BCUT2D eigenvalue weighted by molar-refractivity contribution is 0.641. The standard InChI is InChI=1S/C17H21N3/c1-4-18-10-16-11(2)19-17(20-12(16)3)15-9-13-7-5-6-8-14(13)15/h5-8,15,18H,4,9-10H2,1-3H3. The van der Waals surface area contributed by atoms with Crippen LogP contribution in [0.3, 0.4) is 0 Å². The lowest BCUT2D eigenvalue weighted by Gasteiger charge is -2.29. The van der Waals surface area contributed by atoms with Crippen LogP contribution in [0, 0.1) is 13.8 Å². The fraction of sp³-hybridized carbons (Fsp3) is 0.412. The normalized spacial score (nSPS) is 16.6. The van der Waals surface area contributed by atoms with Crippen LogP contribution in [0.5, 0.6) is 0 Å². The summed E-state index contributed by atoms with van der Waals surface area (Å²) in [6.45, 7) is 8.13. The summed E-state index contributed by atoms with van der Waals surface area (Å²) in [4.78, 5) is 9.51. The van der Waals surface area contributed by atoms with E-state index >= 15 is 0 Å². The van der Waals surface area contributed by atoms with E-state index in [0.717, 1.165) is 36.7 Å². The van der Waals surface area contributed by atoms with E-state index < -0.39 is 0 Å². The van der Waals surface area contributed by atoms with E-state index in [-0.39, 0.29) is 0 Å². The Morgan fingerprint density at radius 1 is 1.15 bits per heavy atom. The average molecular weight is 267 g/mol. The van der Waals surface area contributed by atoms with Crippen LogP contribution >= 0.6 is 0 Å². The van der Waals surface area contributed by atoms with Crippen LogP contribution in [0.2, 0.25) is 0 Å². The third-order valence-corrected chi connectivity index (χ3v) is 4.16. The van der Waals surface area contributed by atoms with Gasteiger partial charge in [0.25, 0.3) is 0 Å². The third-order valence-electron chi connectivity index (χ3n) is 4.16. The molecule has 3 nitrogen and oxygen atoms in total. The minimum absolute atomic E-state index is 0.386. The zero-order chi connectivity index (χ0) is 14.1. The Morgan fingerprint density at radius 3 is 2.50 bits per heavy atom. The molecule has 1 unspecified atom stereocenters. The van der Waals surface area contributed by atoms with Gasteiger partial charge in [-0.05, 0) is 37.9 Å². The van der Waals surface area contributed by atoms with Crippen molar-refractivity contribution < 1.29 is 0 Å². The lowest BCUT2D eigenvalue weighted by atomic mass is 9.77. The molecule has 1 aromatic heterocycles. The van der Waals surface area contributed by atoms with Crippen molar-refractivity contribution in [2.75, 3.05) is 6.54 Å². The molecule has 1 heterocycles. The summed E-state index contributed by atoms with van der Waals surface area (Å²) in [5.74, 6) is 1.37. The van der Waals surface area contributed by atoms with Gasteiger partial charge in [-0.15, -0.1) is 0 Å². The van der Waals surface area contributed by atoms with Crippen molar-refractivity contribution in [1.29, 1.82) is 0 Å². The Morgan fingerprint density at radius 2 is 1.85 bits per heavy atom. The molecule has 1 aliphatic rings. The molecule has 1 atom stereocenters. The summed E-state index contributed by atoms with van der Waals surface area (Å²) < 4.78 is 0. The molecule has 0 radical (unpaired) electrons. The number of benzene rings is 1. The second-order valence-electron chi connectivity index (χ2n) is 5.47. The maximum Gasteiger partial charge on any atom is 0.136 e. The molecule has 0 bridgehead atoms. The van der Waals surface area contributed by atoms with E-state index in [2.05, 4.69) is 50.4 Å². The van der Waals surface area contributed by atoms with Crippen molar-refractivity contribution >= 4 is 0 Å². The molecule has 0 aliphatic heterocycles. The SMILES string of the molecule is CCNCc1c(C)nc(C2Cc3ccccc32)nc1C. The zero-order valence-electron chi connectivity index (χ0n) is 12.4. The summed E-state index contributed by atoms with van der Waals surface area (Å²) in [5, 5.41) is 3.36. The van der Waals surface area contributed by atoms with Crippen LogP contribution in [0.4, 0.5) is 0 Å². The maximum atomic E-state index is 4.76. The Labute approximate surface area is 120 Å². The predicted molar refractivity (Wildman–Crippen MR) is 80.9 cm³/mol. The van der Waals surface area contributed by atoms with Crippen molar-refractivity contribution in [3.8, 4) is 0 Å². The van der Waals surface area contributed by atoms with Gasteiger partial charge in [-0.25, -0.2) is 9.97 Å². The maximum absolute atomic E-state index is 4.76. The Kier molecular flexibility index (Phi) is 3.53. The molecular formula is C17H21N3. The first-order valence-corrected chi connectivity index (χ1v) is 7.33. The number of fused-ring (bicyclic) bond motifs is 1. The first-order valence-electron chi connectivity index (χ1n) is 7.33. The monoisotopic (exact) mass is 267 g/mol. The van der Waals surface area contributed by atoms with Crippen LogP contribution in [0.15, 0.2) is 24.3 Å². The van der Waals surface area contributed by atoms with Gasteiger partial charge in [-0.3, -0.25) is 0 Å². The van der Waals surface area contributed by atoms with Gasteiger partial charge in [0.2, 0.25) is 0 Å². The molecule has 0 spiro atoms. The fourth-order valence-corrected chi connectivity index (χ4v) is 2.92. The van der Waals surface area contributed by atoms with Crippen LogP contribution in [-0.4, -0.2) is 16.5 Å². The molecule has 0 saturated heterocycles. The summed E-state index contributed by atoms with van der Waals surface area (Å²) in [6, 6.07) is 8.60. The molecular weight excluding hydrogens is 246 g/mol. The summed E-state index contributed by atoms with van der Waals surface area (Å²) in [5.41, 5.74) is 6.29. The summed E-state index contributed by atoms with van der Waals surface area (Å²) in [7, 11) is 0. The minimum atomic E-state index is 0.386. The Balaban J connectivity index is 1.90. The quantitative estimate of drug-likeness (QED) is 0.925. The van der Waals surface area contributed by atoms with Crippen molar-refractivity contribution in [2.24, 2.45) is 0 Å². The predicted octanol–water partition coefficient (Wildman–Crippen LogP) is 2.89. The first kappa shape index (κ1) is 13.3. The molecule has 0 saturated carbocycles. The topological polar surface area (TPSA) is 37.8 Å². The Bertz CT molecular complexity index is 611. The molecule has 1 aliphatic carbocycles. The van der Waals surface area contributed by atoms with Crippen molar-refractivity contribution in [3.05, 3.63) is 58.2 Å². The number of hydrogen-bond acceptors (Lipinski definition) is 3. The summed E-state index contributed by atoms with van der Waals surface area (Å²) in [6.07, 6.45) is 1.07. The smallest absolute Gasteiger partial charge is 0.136 e. The molecule has 2 aromatic rings. The average Bonchev–Trinajstić information content (AvgIpc) is 2.39. The van der Waals surface area contributed by atoms with Gasteiger partial charge in [-0.1, -0.05) is 31.2 Å². The molecule has 3 rings (SSSR count). The molecule has 1 N–H and O–H groups in total. The van der Waals surface area contributed by atoms with Crippen molar-refractivity contribution in [3.63, 3.8) is 0 Å². The second-order valence-corrected chi connectivity index (χ2v) is 5.47. The second kappa shape index (κ2) is 5.33. The highest BCUT2D eigenvalue weighted by molar-refractivity contribution is 5.44. The van der Waals surface area contributed by atoms with Crippen molar-refractivity contribution in [2.45, 2.75) is 39.7 Å². The van der Waals surface area contributed by atoms with Crippen LogP contribution in [-0.2, 0) is 13.0 Å².